The van der Waals surface area contributed by atoms with E-state index in [9.17, 15) is 4.79 Å². The Kier molecular flexibility index (Phi) is 4.87. The van der Waals surface area contributed by atoms with Gasteiger partial charge in [0, 0.05) is 22.8 Å². The van der Waals surface area contributed by atoms with Crippen LogP contribution in [0, 0.1) is 5.92 Å². The molecule has 3 rings (SSSR count). The summed E-state index contributed by atoms with van der Waals surface area (Å²) >= 11 is 1.77. The molecule has 3 nitrogen and oxygen atoms in total. The van der Waals surface area contributed by atoms with E-state index in [2.05, 4.69) is 22.9 Å². The van der Waals surface area contributed by atoms with Crippen molar-refractivity contribution in [1.82, 2.24) is 10.6 Å². The summed E-state index contributed by atoms with van der Waals surface area (Å²) in [5.41, 5.74) is 2.26. The highest BCUT2D eigenvalue weighted by Crippen LogP contribution is 2.32. The SMILES string of the molecule is CC1CCc2c(C(=O)NC3CCNC3)csc2C1.Cl. The van der Waals surface area contributed by atoms with Crippen LogP contribution in [0.25, 0.3) is 0 Å². The van der Waals surface area contributed by atoms with Crippen LogP contribution in [0.4, 0.5) is 0 Å². The molecule has 2 heterocycles. The number of hydrogen-bond acceptors (Lipinski definition) is 3. The van der Waals surface area contributed by atoms with E-state index < -0.39 is 0 Å². The fourth-order valence-corrected chi connectivity index (χ4v) is 4.15. The van der Waals surface area contributed by atoms with E-state index in [1.807, 2.05) is 0 Å². The Hall–Kier alpha value is -0.580. The van der Waals surface area contributed by atoms with Crippen molar-refractivity contribution in [2.75, 3.05) is 13.1 Å². The normalized spacial score (nSPS) is 25.5. The lowest BCUT2D eigenvalue weighted by molar-refractivity contribution is 0.0939. The van der Waals surface area contributed by atoms with Crippen LogP contribution in [0.15, 0.2) is 5.38 Å². The van der Waals surface area contributed by atoms with Crippen molar-refractivity contribution in [3.63, 3.8) is 0 Å². The van der Waals surface area contributed by atoms with Gasteiger partial charge in [-0.15, -0.1) is 23.7 Å². The van der Waals surface area contributed by atoms with Crippen molar-refractivity contribution in [1.29, 1.82) is 0 Å². The maximum Gasteiger partial charge on any atom is 0.252 e. The number of hydrogen-bond donors (Lipinski definition) is 2. The highest BCUT2D eigenvalue weighted by molar-refractivity contribution is 7.10. The van der Waals surface area contributed by atoms with E-state index >= 15 is 0 Å². The second-order valence-electron chi connectivity index (χ2n) is 5.56. The molecular formula is C14H21ClN2OS. The maximum absolute atomic E-state index is 12.3. The Morgan fingerprint density at radius 1 is 1.47 bits per heavy atom. The minimum atomic E-state index is 0. The number of fused-ring (bicyclic) bond motifs is 1. The van der Waals surface area contributed by atoms with Crippen LogP contribution in [0.2, 0.25) is 0 Å². The Bertz CT molecular complexity index is 454. The molecule has 0 saturated carbocycles. The lowest BCUT2D eigenvalue weighted by Gasteiger charge is -2.19. The molecule has 5 heteroatoms. The number of halogens is 1. The molecule has 1 aliphatic heterocycles. The quantitative estimate of drug-likeness (QED) is 0.880. The van der Waals surface area contributed by atoms with Gasteiger partial charge in [0.15, 0.2) is 0 Å². The van der Waals surface area contributed by atoms with Gasteiger partial charge in [0.05, 0.1) is 5.56 Å². The average molecular weight is 301 g/mol. The van der Waals surface area contributed by atoms with Crippen molar-refractivity contribution in [3.8, 4) is 0 Å². The van der Waals surface area contributed by atoms with Gasteiger partial charge in [-0.25, -0.2) is 0 Å². The first kappa shape index (κ1) is 14.8. The van der Waals surface area contributed by atoms with E-state index in [1.54, 1.807) is 11.3 Å². The predicted molar refractivity (Wildman–Crippen MR) is 81.5 cm³/mol. The first-order valence-electron chi connectivity index (χ1n) is 6.85. The Labute approximate surface area is 124 Å². The van der Waals surface area contributed by atoms with Crippen LogP contribution in [0.1, 0.15) is 40.6 Å². The molecule has 0 bridgehead atoms. The van der Waals surface area contributed by atoms with E-state index in [0.29, 0.717) is 6.04 Å². The fourth-order valence-electron chi connectivity index (χ4n) is 2.91. The van der Waals surface area contributed by atoms with E-state index in [4.69, 9.17) is 0 Å². The van der Waals surface area contributed by atoms with Crippen LogP contribution < -0.4 is 10.6 Å². The molecule has 19 heavy (non-hydrogen) atoms. The second-order valence-corrected chi connectivity index (χ2v) is 6.53. The Morgan fingerprint density at radius 3 is 3.05 bits per heavy atom. The van der Waals surface area contributed by atoms with Gasteiger partial charge in [-0.3, -0.25) is 4.79 Å². The molecule has 1 fully saturated rings. The van der Waals surface area contributed by atoms with Crippen LogP contribution in [0.3, 0.4) is 0 Å². The summed E-state index contributed by atoms with van der Waals surface area (Å²) in [6.07, 6.45) is 4.49. The molecule has 1 aliphatic carbocycles. The number of nitrogens with one attached hydrogen (secondary N) is 2. The molecule has 1 saturated heterocycles. The Morgan fingerprint density at radius 2 is 2.32 bits per heavy atom. The molecule has 0 radical (unpaired) electrons. The van der Waals surface area contributed by atoms with Gasteiger partial charge >= 0.3 is 0 Å². The van der Waals surface area contributed by atoms with Gasteiger partial charge in [0.2, 0.25) is 0 Å². The molecule has 2 unspecified atom stereocenters. The zero-order valence-corrected chi connectivity index (χ0v) is 12.8. The molecule has 106 valence electrons. The van der Waals surface area contributed by atoms with Crippen LogP contribution in [-0.4, -0.2) is 25.0 Å². The summed E-state index contributed by atoms with van der Waals surface area (Å²) in [4.78, 5) is 13.7. The first-order valence-corrected chi connectivity index (χ1v) is 7.73. The summed E-state index contributed by atoms with van der Waals surface area (Å²) < 4.78 is 0. The molecule has 0 spiro atoms. The van der Waals surface area contributed by atoms with Gasteiger partial charge in [-0.05, 0) is 43.7 Å². The van der Waals surface area contributed by atoms with Gasteiger partial charge in [0.1, 0.15) is 0 Å². The summed E-state index contributed by atoms with van der Waals surface area (Å²) in [7, 11) is 0. The zero-order chi connectivity index (χ0) is 12.5. The average Bonchev–Trinajstić information content (AvgIpc) is 2.97. The van der Waals surface area contributed by atoms with Crippen molar-refractivity contribution in [2.24, 2.45) is 5.92 Å². The lowest BCUT2D eigenvalue weighted by Crippen LogP contribution is -2.36. The molecule has 1 amide bonds. The van der Waals surface area contributed by atoms with Gasteiger partial charge in [-0.1, -0.05) is 6.92 Å². The molecule has 0 aromatic carbocycles. The topological polar surface area (TPSA) is 41.1 Å². The summed E-state index contributed by atoms with van der Waals surface area (Å²) in [5, 5.41) is 8.48. The van der Waals surface area contributed by atoms with Crippen LogP contribution in [0.5, 0.6) is 0 Å². The fraction of sp³-hybridized carbons (Fsp3) is 0.643. The zero-order valence-electron chi connectivity index (χ0n) is 11.2. The van der Waals surface area contributed by atoms with Crippen molar-refractivity contribution in [2.45, 2.75) is 38.6 Å². The number of thiophene rings is 1. The summed E-state index contributed by atoms with van der Waals surface area (Å²) in [6, 6.07) is 0.315. The third-order valence-electron chi connectivity index (χ3n) is 4.04. The third-order valence-corrected chi connectivity index (χ3v) is 5.09. The number of carbonyl (C=O) groups excluding carboxylic acids is 1. The predicted octanol–water partition coefficient (Wildman–Crippen LogP) is 2.39. The van der Waals surface area contributed by atoms with Gasteiger partial charge in [0.25, 0.3) is 5.91 Å². The monoisotopic (exact) mass is 300 g/mol. The second kappa shape index (κ2) is 6.25. The van der Waals surface area contributed by atoms with Crippen molar-refractivity contribution in [3.05, 3.63) is 21.4 Å². The van der Waals surface area contributed by atoms with E-state index in [1.165, 1.54) is 16.9 Å². The molecule has 1 aromatic heterocycles. The van der Waals surface area contributed by atoms with E-state index in [0.717, 1.165) is 43.8 Å². The van der Waals surface area contributed by atoms with Crippen molar-refractivity contribution >= 4 is 29.7 Å². The molecule has 1 aromatic rings. The van der Waals surface area contributed by atoms with Crippen LogP contribution >= 0.6 is 23.7 Å². The smallest absolute Gasteiger partial charge is 0.252 e. The standard InChI is InChI=1S/C14H20N2OS.ClH/c1-9-2-3-11-12(8-18-13(11)6-9)14(17)16-10-4-5-15-7-10;/h8-10,15H,2-7H2,1H3,(H,16,17);1H. The molecule has 2 aliphatic rings. The number of rotatable bonds is 2. The molecule has 2 N–H and O–H groups in total. The first-order chi connectivity index (χ1) is 8.74. The largest absolute Gasteiger partial charge is 0.348 e. The lowest BCUT2D eigenvalue weighted by atomic mass is 9.88. The maximum atomic E-state index is 12.3. The summed E-state index contributed by atoms with van der Waals surface area (Å²) in [6.45, 7) is 4.23. The summed E-state index contributed by atoms with van der Waals surface area (Å²) in [5.74, 6) is 0.904. The van der Waals surface area contributed by atoms with Gasteiger partial charge < -0.3 is 10.6 Å². The third kappa shape index (κ3) is 3.12. The highest BCUT2D eigenvalue weighted by Gasteiger charge is 2.25. The number of carbonyl (C=O) groups is 1. The minimum Gasteiger partial charge on any atom is -0.348 e. The van der Waals surface area contributed by atoms with Crippen LogP contribution in [-0.2, 0) is 12.8 Å². The molecule has 2 atom stereocenters. The molecular weight excluding hydrogens is 280 g/mol. The highest BCUT2D eigenvalue weighted by atomic mass is 35.5. The minimum absolute atomic E-state index is 0. The van der Waals surface area contributed by atoms with Crippen molar-refractivity contribution < 1.29 is 4.79 Å². The number of amides is 1. The Balaban J connectivity index is 0.00000133. The van der Waals surface area contributed by atoms with Gasteiger partial charge in [-0.2, -0.15) is 0 Å². The van der Waals surface area contributed by atoms with E-state index in [-0.39, 0.29) is 18.3 Å².